The quantitative estimate of drug-likeness (QED) is 0.459. The van der Waals surface area contributed by atoms with E-state index in [2.05, 4.69) is 52.2 Å². The monoisotopic (exact) mass is 409 g/mol. The fourth-order valence-corrected chi connectivity index (χ4v) is 3.56. The predicted molar refractivity (Wildman–Crippen MR) is 136 cm³/mol. The van der Waals surface area contributed by atoms with Gasteiger partial charge in [0.2, 0.25) is 0 Å². The molecule has 0 spiro atoms. The Balaban J connectivity index is 0.00000154. The highest BCUT2D eigenvalue weighted by atomic mass is 14.9. The minimum absolute atomic E-state index is 0.0327. The lowest BCUT2D eigenvalue weighted by Gasteiger charge is -2.35. The Morgan fingerprint density at radius 2 is 1.57 bits per heavy atom. The number of dihydropyridines is 1. The number of anilines is 1. The summed E-state index contributed by atoms with van der Waals surface area (Å²) in [5.74, 6) is 0.0327. The van der Waals surface area contributed by atoms with Crippen molar-refractivity contribution >= 4 is 5.69 Å². The van der Waals surface area contributed by atoms with Crippen LogP contribution in [0.4, 0.5) is 5.69 Å². The van der Waals surface area contributed by atoms with Crippen molar-refractivity contribution < 1.29 is 0 Å². The van der Waals surface area contributed by atoms with Crippen LogP contribution in [0.5, 0.6) is 0 Å². The summed E-state index contributed by atoms with van der Waals surface area (Å²) in [6.07, 6.45) is 3.16. The number of hydrogen-bond acceptors (Lipinski definition) is 3. The highest BCUT2D eigenvalue weighted by Gasteiger charge is 2.32. The average molecular weight is 410 g/mol. The molecule has 0 bridgehead atoms. The van der Waals surface area contributed by atoms with Gasteiger partial charge in [-0.3, -0.25) is 0 Å². The van der Waals surface area contributed by atoms with Crippen LogP contribution in [0.2, 0.25) is 0 Å². The lowest BCUT2D eigenvalue weighted by molar-refractivity contribution is 0.786. The zero-order chi connectivity index (χ0) is 23.6. The summed E-state index contributed by atoms with van der Waals surface area (Å²) in [5.41, 5.74) is 22.4. The van der Waals surface area contributed by atoms with Gasteiger partial charge >= 0.3 is 0 Å². The van der Waals surface area contributed by atoms with Gasteiger partial charge in [0, 0.05) is 17.3 Å². The molecule has 1 unspecified atom stereocenters. The maximum atomic E-state index is 6.30. The van der Waals surface area contributed by atoms with Gasteiger partial charge in [-0.1, -0.05) is 70.6 Å². The minimum Gasteiger partial charge on any atom is -0.399 e. The molecule has 1 aromatic carbocycles. The van der Waals surface area contributed by atoms with Crippen LogP contribution in [0.25, 0.3) is 0 Å². The fraction of sp³-hybridized carbons (Fsp3) is 0.407. The van der Waals surface area contributed by atoms with Crippen molar-refractivity contribution in [3.05, 3.63) is 87.9 Å². The van der Waals surface area contributed by atoms with Gasteiger partial charge in [0.15, 0.2) is 0 Å². The third kappa shape index (κ3) is 6.41. The van der Waals surface area contributed by atoms with Crippen molar-refractivity contribution in [2.24, 2.45) is 5.73 Å². The topological polar surface area (TPSA) is 64.1 Å². The van der Waals surface area contributed by atoms with Crippen molar-refractivity contribution in [3.63, 3.8) is 0 Å². The molecule has 0 fully saturated rings. The van der Waals surface area contributed by atoms with E-state index in [9.17, 15) is 0 Å². The van der Waals surface area contributed by atoms with E-state index in [1.807, 2.05) is 52.8 Å². The van der Waals surface area contributed by atoms with Gasteiger partial charge in [-0.25, -0.2) is 0 Å². The molecule has 30 heavy (non-hydrogen) atoms. The molecule has 3 nitrogen and oxygen atoms in total. The van der Waals surface area contributed by atoms with Crippen molar-refractivity contribution in [2.75, 3.05) is 5.73 Å². The summed E-state index contributed by atoms with van der Waals surface area (Å²) in [7, 11) is 0. The zero-order valence-electron chi connectivity index (χ0n) is 20.7. The lowest BCUT2D eigenvalue weighted by atomic mass is 9.74. The molecule has 1 atom stereocenters. The molecule has 0 radical (unpaired) electrons. The molecule has 0 aliphatic carbocycles. The maximum Gasteiger partial charge on any atom is 0.0656 e. The van der Waals surface area contributed by atoms with E-state index in [1.54, 1.807) is 0 Å². The van der Waals surface area contributed by atoms with Gasteiger partial charge in [0.05, 0.1) is 11.4 Å². The first-order valence-corrected chi connectivity index (χ1v) is 10.9. The summed E-state index contributed by atoms with van der Waals surface area (Å²) >= 11 is 0. The minimum atomic E-state index is 0.0327. The smallest absolute Gasteiger partial charge is 0.0656 e. The number of benzene rings is 1. The van der Waals surface area contributed by atoms with Crippen LogP contribution in [0, 0.1) is 6.92 Å². The second kappa shape index (κ2) is 12.8. The van der Waals surface area contributed by atoms with Crippen molar-refractivity contribution in [3.8, 4) is 0 Å². The molecule has 1 aliphatic rings. The number of nitrogens with one attached hydrogen (secondary N) is 1. The van der Waals surface area contributed by atoms with Crippen LogP contribution >= 0.6 is 0 Å². The fourth-order valence-electron chi connectivity index (χ4n) is 3.56. The van der Waals surface area contributed by atoms with Crippen molar-refractivity contribution in [1.82, 2.24) is 5.32 Å². The Morgan fingerprint density at radius 3 is 1.97 bits per heavy atom. The second-order valence-electron chi connectivity index (χ2n) is 7.51. The first-order valence-electron chi connectivity index (χ1n) is 10.9. The van der Waals surface area contributed by atoms with Crippen molar-refractivity contribution in [1.29, 1.82) is 0 Å². The van der Waals surface area contributed by atoms with Gasteiger partial charge in [-0.05, 0) is 69.0 Å². The molecule has 1 heterocycles. The molecular weight excluding hydrogens is 366 g/mol. The van der Waals surface area contributed by atoms with E-state index in [0.29, 0.717) is 0 Å². The van der Waals surface area contributed by atoms with Crippen LogP contribution in [-0.2, 0) is 0 Å². The molecule has 0 saturated heterocycles. The summed E-state index contributed by atoms with van der Waals surface area (Å²) in [4.78, 5) is 0. The average Bonchev–Trinajstić information content (AvgIpc) is 2.68. The van der Waals surface area contributed by atoms with Crippen molar-refractivity contribution in [2.45, 2.75) is 74.7 Å². The van der Waals surface area contributed by atoms with Gasteiger partial charge in [0.25, 0.3) is 0 Å². The first kappa shape index (κ1) is 27.3. The standard InChI is InChI=1S/C22H29N3.C3H8.C2H6/c1-8-18(24)22-20(13(4)5)21(19(12(2)3)15(7)25-22)17-10-9-16(23)11-14(17)6;1-3-2;1-2/h8-11,21,25H,2,4,23-24H2,1,3,5-7H3;3H2,1-2H3;1-2H3/b18-8+;;. The molecule has 0 aromatic heterocycles. The number of nitrogens with two attached hydrogens (primary N) is 2. The third-order valence-corrected chi connectivity index (χ3v) is 4.69. The van der Waals surface area contributed by atoms with E-state index < -0.39 is 0 Å². The summed E-state index contributed by atoms with van der Waals surface area (Å²) < 4.78 is 0. The molecule has 3 heteroatoms. The maximum absolute atomic E-state index is 6.30. The Labute approximate surface area is 185 Å². The summed E-state index contributed by atoms with van der Waals surface area (Å²) in [6.45, 7) is 26.9. The molecule has 0 amide bonds. The normalized spacial score (nSPS) is 16.0. The highest BCUT2D eigenvalue weighted by Crippen LogP contribution is 2.45. The number of nitrogen functional groups attached to an aromatic ring is 1. The van der Waals surface area contributed by atoms with E-state index >= 15 is 0 Å². The second-order valence-corrected chi connectivity index (χ2v) is 7.51. The SMILES string of the molecule is C=C(C)C1=C(C)NC(/C(N)=C\C)=C(C(=C)C)C1c1ccc(N)cc1C.CC.CCC. The molecule has 2 rings (SSSR count). The summed E-state index contributed by atoms with van der Waals surface area (Å²) in [5, 5.41) is 3.48. The Kier molecular flexibility index (Phi) is 11.6. The number of aryl methyl sites for hydroxylation is 1. The van der Waals surface area contributed by atoms with E-state index in [1.165, 1.54) is 17.6 Å². The van der Waals surface area contributed by atoms with Crippen LogP contribution in [0.1, 0.15) is 78.9 Å². The van der Waals surface area contributed by atoms with Gasteiger partial charge in [0.1, 0.15) is 0 Å². The van der Waals surface area contributed by atoms with Gasteiger partial charge in [-0.2, -0.15) is 0 Å². The van der Waals surface area contributed by atoms with E-state index in [-0.39, 0.29) is 5.92 Å². The van der Waals surface area contributed by atoms with Crippen LogP contribution < -0.4 is 16.8 Å². The molecular formula is C27H43N3. The molecule has 166 valence electrons. The van der Waals surface area contributed by atoms with E-state index in [4.69, 9.17) is 11.5 Å². The Hall–Kier alpha value is -2.68. The molecule has 5 N–H and O–H groups in total. The Morgan fingerprint density at radius 1 is 1.07 bits per heavy atom. The third-order valence-electron chi connectivity index (χ3n) is 4.69. The number of hydrogen-bond donors (Lipinski definition) is 3. The predicted octanol–water partition coefficient (Wildman–Crippen LogP) is 7.25. The number of allylic oxidation sites excluding steroid dienone is 6. The summed E-state index contributed by atoms with van der Waals surface area (Å²) in [6, 6.07) is 6.06. The molecule has 0 saturated carbocycles. The number of rotatable bonds is 4. The van der Waals surface area contributed by atoms with Crippen LogP contribution in [0.15, 0.2) is 76.8 Å². The van der Waals surface area contributed by atoms with E-state index in [0.717, 1.165) is 45.1 Å². The van der Waals surface area contributed by atoms with Crippen LogP contribution in [-0.4, -0.2) is 0 Å². The Bertz CT molecular complexity index is 851. The van der Waals surface area contributed by atoms with Gasteiger partial charge in [-0.15, -0.1) is 0 Å². The van der Waals surface area contributed by atoms with Gasteiger partial charge < -0.3 is 16.8 Å². The largest absolute Gasteiger partial charge is 0.399 e. The molecule has 1 aromatic rings. The highest BCUT2D eigenvalue weighted by molar-refractivity contribution is 5.62. The first-order chi connectivity index (χ1) is 14.1. The van der Waals surface area contributed by atoms with Crippen LogP contribution in [0.3, 0.4) is 0 Å². The lowest BCUT2D eigenvalue weighted by Crippen LogP contribution is -2.29. The zero-order valence-corrected chi connectivity index (χ0v) is 20.7. The molecule has 1 aliphatic heterocycles.